The van der Waals surface area contributed by atoms with Crippen LogP contribution in [-0.4, -0.2) is 45.3 Å². The molecule has 0 aromatic heterocycles. The Labute approximate surface area is 95.9 Å². The minimum absolute atomic E-state index is 0.209. The first-order valence-corrected chi connectivity index (χ1v) is 5.82. The topological polar surface area (TPSA) is 33.3 Å². The molecule has 0 spiro atoms. The van der Waals surface area contributed by atoms with Crippen molar-refractivity contribution in [2.24, 2.45) is 5.41 Å². The fraction of sp³-hybridized carbons (Fsp3) is 1.00. The largest absolute Gasteiger partial charge is 0.374 e. The molecule has 1 heterocycles. The summed E-state index contributed by atoms with van der Waals surface area (Å²) >= 11 is 0. The molecule has 0 bridgehead atoms. The van der Waals surface area contributed by atoms with Crippen molar-refractivity contribution in [3.63, 3.8) is 0 Å². The fourth-order valence-corrected chi connectivity index (χ4v) is 2.03. The van der Waals surface area contributed by atoms with Gasteiger partial charge in [-0.05, 0) is 18.4 Å². The Morgan fingerprint density at radius 3 is 2.88 bits per heavy atom. The second kappa shape index (κ2) is 6.47. The molecule has 1 unspecified atom stereocenters. The maximum atomic E-state index is 11.8. The molecule has 0 aromatic rings. The molecule has 0 aromatic carbocycles. The third kappa shape index (κ3) is 4.72. The smallest absolute Gasteiger partial charge is 0.261 e. The van der Waals surface area contributed by atoms with Crippen LogP contribution < -0.4 is 10.6 Å². The second-order valence-corrected chi connectivity index (χ2v) is 4.93. The standard InChI is InChI=1S/C11H22F2N2O/c1-11(2)8-14-4-3-9(11)15-5-6-16-7-10(12)13/h9-10,14-15H,3-8H2,1-2H3. The molecular formula is C11H22F2N2O. The van der Waals surface area contributed by atoms with Crippen LogP contribution in [0, 0.1) is 5.41 Å². The van der Waals surface area contributed by atoms with Crippen LogP contribution in [-0.2, 0) is 4.74 Å². The molecule has 1 rings (SSSR count). The van der Waals surface area contributed by atoms with Crippen molar-refractivity contribution in [1.82, 2.24) is 10.6 Å². The molecule has 0 aliphatic carbocycles. The average Bonchev–Trinajstić information content (AvgIpc) is 2.19. The molecule has 0 saturated carbocycles. The highest BCUT2D eigenvalue weighted by molar-refractivity contribution is 4.90. The van der Waals surface area contributed by atoms with Crippen LogP contribution in [0.1, 0.15) is 20.3 Å². The van der Waals surface area contributed by atoms with Crippen LogP contribution in [0.4, 0.5) is 8.78 Å². The van der Waals surface area contributed by atoms with Gasteiger partial charge in [0.25, 0.3) is 6.43 Å². The molecule has 1 fully saturated rings. The molecule has 0 radical (unpaired) electrons. The molecule has 1 saturated heterocycles. The van der Waals surface area contributed by atoms with Crippen molar-refractivity contribution in [3.05, 3.63) is 0 Å². The monoisotopic (exact) mass is 236 g/mol. The predicted molar refractivity (Wildman–Crippen MR) is 59.9 cm³/mol. The first-order valence-electron chi connectivity index (χ1n) is 5.82. The number of nitrogens with one attached hydrogen (secondary N) is 2. The SMILES string of the molecule is CC1(C)CNCCC1NCCOCC(F)F. The first-order chi connectivity index (χ1) is 7.52. The number of hydrogen-bond donors (Lipinski definition) is 2. The lowest BCUT2D eigenvalue weighted by atomic mass is 9.80. The minimum atomic E-state index is -2.37. The van der Waals surface area contributed by atoms with E-state index in [4.69, 9.17) is 4.74 Å². The van der Waals surface area contributed by atoms with Gasteiger partial charge >= 0.3 is 0 Å². The average molecular weight is 236 g/mol. The summed E-state index contributed by atoms with van der Waals surface area (Å²) in [6.45, 7) is 6.94. The summed E-state index contributed by atoms with van der Waals surface area (Å²) in [6.07, 6.45) is -1.29. The first kappa shape index (κ1) is 13.8. The Morgan fingerprint density at radius 1 is 1.50 bits per heavy atom. The van der Waals surface area contributed by atoms with E-state index in [0.717, 1.165) is 19.5 Å². The van der Waals surface area contributed by atoms with Crippen molar-refractivity contribution < 1.29 is 13.5 Å². The number of rotatable bonds is 6. The predicted octanol–water partition coefficient (Wildman–Crippen LogP) is 1.25. The molecule has 2 N–H and O–H groups in total. The van der Waals surface area contributed by atoms with E-state index in [1.54, 1.807) is 0 Å². The van der Waals surface area contributed by atoms with E-state index in [2.05, 4.69) is 24.5 Å². The highest BCUT2D eigenvalue weighted by atomic mass is 19.3. The number of hydrogen-bond acceptors (Lipinski definition) is 3. The Hall–Kier alpha value is -0.260. The maximum Gasteiger partial charge on any atom is 0.261 e. The number of halogens is 2. The Bertz CT molecular complexity index is 200. The summed E-state index contributed by atoms with van der Waals surface area (Å²) in [6, 6.07) is 0.434. The highest BCUT2D eigenvalue weighted by Gasteiger charge is 2.31. The molecule has 16 heavy (non-hydrogen) atoms. The Balaban J connectivity index is 2.11. The minimum Gasteiger partial charge on any atom is -0.374 e. The van der Waals surface area contributed by atoms with E-state index in [1.807, 2.05) is 0 Å². The molecule has 1 atom stereocenters. The summed E-state index contributed by atoms with van der Waals surface area (Å²) < 4.78 is 28.4. The molecule has 1 aliphatic rings. The third-order valence-electron chi connectivity index (χ3n) is 3.01. The maximum absolute atomic E-state index is 11.8. The summed E-state index contributed by atoms with van der Waals surface area (Å²) in [7, 11) is 0. The third-order valence-corrected chi connectivity index (χ3v) is 3.01. The molecule has 96 valence electrons. The van der Waals surface area contributed by atoms with Gasteiger partial charge < -0.3 is 15.4 Å². The second-order valence-electron chi connectivity index (χ2n) is 4.93. The zero-order chi connectivity index (χ0) is 12.0. The van der Waals surface area contributed by atoms with Crippen molar-refractivity contribution in [1.29, 1.82) is 0 Å². The van der Waals surface area contributed by atoms with Crippen LogP contribution in [0.25, 0.3) is 0 Å². The van der Waals surface area contributed by atoms with E-state index in [0.29, 0.717) is 19.2 Å². The number of alkyl halides is 2. The van der Waals surface area contributed by atoms with E-state index in [9.17, 15) is 8.78 Å². The van der Waals surface area contributed by atoms with Crippen LogP contribution in [0.5, 0.6) is 0 Å². The van der Waals surface area contributed by atoms with E-state index in [1.165, 1.54) is 0 Å². The van der Waals surface area contributed by atoms with E-state index in [-0.39, 0.29) is 5.41 Å². The lowest BCUT2D eigenvalue weighted by Gasteiger charge is -2.39. The van der Waals surface area contributed by atoms with Crippen molar-refractivity contribution in [3.8, 4) is 0 Å². The molecule has 5 heteroatoms. The van der Waals surface area contributed by atoms with Gasteiger partial charge in [-0.25, -0.2) is 8.78 Å². The lowest BCUT2D eigenvalue weighted by Crippen LogP contribution is -2.53. The quantitative estimate of drug-likeness (QED) is 0.681. The Kier molecular flexibility index (Phi) is 5.58. The van der Waals surface area contributed by atoms with Gasteiger partial charge in [0, 0.05) is 19.1 Å². The zero-order valence-corrected chi connectivity index (χ0v) is 10.1. The van der Waals surface area contributed by atoms with Gasteiger partial charge in [-0.2, -0.15) is 0 Å². The van der Waals surface area contributed by atoms with Crippen LogP contribution >= 0.6 is 0 Å². The normalized spacial score (nSPS) is 24.9. The van der Waals surface area contributed by atoms with Crippen molar-refractivity contribution in [2.75, 3.05) is 32.8 Å². The Morgan fingerprint density at radius 2 is 2.25 bits per heavy atom. The van der Waals surface area contributed by atoms with Crippen LogP contribution in [0.15, 0.2) is 0 Å². The molecule has 3 nitrogen and oxygen atoms in total. The summed E-state index contributed by atoms with van der Waals surface area (Å²) in [4.78, 5) is 0. The summed E-state index contributed by atoms with van der Waals surface area (Å²) in [5, 5.41) is 6.73. The van der Waals surface area contributed by atoms with Crippen molar-refractivity contribution >= 4 is 0 Å². The van der Waals surface area contributed by atoms with Crippen LogP contribution in [0.3, 0.4) is 0 Å². The molecular weight excluding hydrogens is 214 g/mol. The van der Waals surface area contributed by atoms with Gasteiger partial charge in [0.15, 0.2) is 0 Å². The van der Waals surface area contributed by atoms with Gasteiger partial charge in [0.2, 0.25) is 0 Å². The summed E-state index contributed by atoms with van der Waals surface area (Å²) in [5.74, 6) is 0. The van der Waals surface area contributed by atoms with E-state index < -0.39 is 13.0 Å². The fourth-order valence-electron chi connectivity index (χ4n) is 2.03. The number of piperidine rings is 1. The highest BCUT2D eigenvalue weighted by Crippen LogP contribution is 2.24. The zero-order valence-electron chi connectivity index (χ0n) is 10.1. The lowest BCUT2D eigenvalue weighted by molar-refractivity contribution is 0.0166. The van der Waals surface area contributed by atoms with Gasteiger partial charge in [-0.15, -0.1) is 0 Å². The molecule has 0 amide bonds. The molecule has 1 aliphatic heterocycles. The van der Waals surface area contributed by atoms with E-state index >= 15 is 0 Å². The summed E-state index contributed by atoms with van der Waals surface area (Å²) in [5.41, 5.74) is 0.209. The van der Waals surface area contributed by atoms with Gasteiger partial charge in [-0.1, -0.05) is 13.8 Å². The van der Waals surface area contributed by atoms with Gasteiger partial charge in [-0.3, -0.25) is 0 Å². The van der Waals surface area contributed by atoms with Crippen molar-refractivity contribution in [2.45, 2.75) is 32.7 Å². The number of ether oxygens (including phenoxy) is 1. The van der Waals surface area contributed by atoms with Crippen LogP contribution in [0.2, 0.25) is 0 Å². The van der Waals surface area contributed by atoms with Gasteiger partial charge in [0.1, 0.15) is 6.61 Å². The van der Waals surface area contributed by atoms with Gasteiger partial charge in [0.05, 0.1) is 6.61 Å².